The topological polar surface area (TPSA) is 17.8 Å². The van der Waals surface area contributed by atoms with Gasteiger partial charge in [0.25, 0.3) is 0 Å². The lowest BCUT2D eigenvalue weighted by Gasteiger charge is -2.23. The van der Waals surface area contributed by atoms with Crippen molar-refractivity contribution in [2.75, 3.05) is 0 Å². The van der Waals surface area contributed by atoms with Gasteiger partial charge in [0.1, 0.15) is 11.3 Å². The van der Waals surface area contributed by atoms with Crippen molar-refractivity contribution in [1.82, 2.24) is 9.55 Å². The lowest BCUT2D eigenvalue weighted by molar-refractivity contribution is 0.400. The molecule has 0 aliphatic carbocycles. The molecule has 80 valence electrons. The molecular weight excluding hydrogens is 252 g/mol. The van der Waals surface area contributed by atoms with Gasteiger partial charge in [-0.05, 0) is 55.8 Å². The Morgan fingerprint density at radius 1 is 1.27 bits per heavy atom. The van der Waals surface area contributed by atoms with E-state index in [0.29, 0.717) is 0 Å². The monoisotopic (exact) mass is 266 g/mol. The molecule has 0 bridgehead atoms. The van der Waals surface area contributed by atoms with E-state index in [1.807, 2.05) is 6.07 Å². The van der Waals surface area contributed by atoms with Crippen LogP contribution in [0.1, 0.15) is 26.6 Å². The van der Waals surface area contributed by atoms with E-state index in [1.165, 1.54) is 5.52 Å². The van der Waals surface area contributed by atoms with Crippen molar-refractivity contribution in [2.24, 2.45) is 0 Å². The SMILES string of the molecule is Cc1nc2c(Br)cccc2n1C(C)(C)C. The Morgan fingerprint density at radius 3 is 2.53 bits per heavy atom. The van der Waals surface area contributed by atoms with Crippen molar-refractivity contribution in [3.05, 3.63) is 28.5 Å². The molecule has 2 nitrogen and oxygen atoms in total. The maximum absolute atomic E-state index is 4.60. The van der Waals surface area contributed by atoms with Crippen LogP contribution in [0.15, 0.2) is 22.7 Å². The quantitative estimate of drug-likeness (QED) is 0.708. The van der Waals surface area contributed by atoms with Gasteiger partial charge in [0.05, 0.1) is 5.52 Å². The third-order valence-electron chi connectivity index (χ3n) is 2.47. The molecule has 15 heavy (non-hydrogen) atoms. The summed E-state index contributed by atoms with van der Waals surface area (Å²) in [6, 6.07) is 6.20. The van der Waals surface area contributed by atoms with Gasteiger partial charge in [-0.1, -0.05) is 6.07 Å². The number of para-hydroxylation sites is 1. The minimum absolute atomic E-state index is 0.0691. The Balaban J connectivity index is 2.86. The number of imidazole rings is 1. The lowest BCUT2D eigenvalue weighted by atomic mass is 10.1. The molecular formula is C12H15BrN2. The van der Waals surface area contributed by atoms with Crippen LogP contribution in [0.2, 0.25) is 0 Å². The first-order valence-electron chi connectivity index (χ1n) is 5.05. The molecule has 2 rings (SSSR count). The molecule has 0 radical (unpaired) electrons. The Morgan fingerprint density at radius 2 is 1.93 bits per heavy atom. The first-order chi connectivity index (χ1) is 6.91. The predicted octanol–water partition coefficient (Wildman–Crippen LogP) is 3.86. The second-order valence-corrected chi connectivity index (χ2v) is 5.63. The molecule has 1 heterocycles. The van der Waals surface area contributed by atoms with Crippen LogP contribution in [0.5, 0.6) is 0 Å². The number of hydrogen-bond acceptors (Lipinski definition) is 1. The summed E-state index contributed by atoms with van der Waals surface area (Å²) >= 11 is 3.54. The number of nitrogens with zero attached hydrogens (tertiary/aromatic N) is 2. The number of rotatable bonds is 0. The second kappa shape index (κ2) is 3.34. The number of fused-ring (bicyclic) bond motifs is 1. The van der Waals surface area contributed by atoms with Crippen molar-refractivity contribution in [3.8, 4) is 0 Å². The Hall–Kier alpha value is -0.830. The van der Waals surface area contributed by atoms with Gasteiger partial charge in [0.15, 0.2) is 0 Å². The van der Waals surface area contributed by atoms with Crippen LogP contribution >= 0.6 is 15.9 Å². The molecule has 0 aliphatic rings. The lowest BCUT2D eigenvalue weighted by Crippen LogP contribution is -2.22. The minimum atomic E-state index is 0.0691. The van der Waals surface area contributed by atoms with E-state index in [2.05, 4.69) is 65.3 Å². The standard InChI is InChI=1S/C12H15BrN2/c1-8-14-11-9(13)6-5-7-10(11)15(8)12(2,3)4/h5-7H,1-4H3. The van der Waals surface area contributed by atoms with Gasteiger partial charge in [0, 0.05) is 10.0 Å². The van der Waals surface area contributed by atoms with Crippen LogP contribution in [-0.2, 0) is 5.54 Å². The first-order valence-corrected chi connectivity index (χ1v) is 5.84. The van der Waals surface area contributed by atoms with Gasteiger partial charge in [-0.3, -0.25) is 0 Å². The number of benzene rings is 1. The van der Waals surface area contributed by atoms with Gasteiger partial charge in [-0.2, -0.15) is 0 Å². The van der Waals surface area contributed by atoms with Crippen LogP contribution in [0.25, 0.3) is 11.0 Å². The summed E-state index contributed by atoms with van der Waals surface area (Å²) in [6.45, 7) is 8.64. The number of halogens is 1. The summed E-state index contributed by atoms with van der Waals surface area (Å²) in [7, 11) is 0. The van der Waals surface area contributed by atoms with Gasteiger partial charge < -0.3 is 4.57 Å². The van der Waals surface area contributed by atoms with Crippen molar-refractivity contribution >= 4 is 27.0 Å². The van der Waals surface area contributed by atoms with Crippen molar-refractivity contribution in [2.45, 2.75) is 33.2 Å². The van der Waals surface area contributed by atoms with E-state index in [0.717, 1.165) is 15.8 Å². The normalized spacial score (nSPS) is 12.3. The van der Waals surface area contributed by atoms with Gasteiger partial charge in [-0.25, -0.2) is 4.98 Å². The molecule has 2 aromatic rings. The molecule has 1 aromatic heterocycles. The van der Waals surface area contributed by atoms with Gasteiger partial charge >= 0.3 is 0 Å². The Kier molecular flexibility index (Phi) is 2.38. The first kappa shape index (κ1) is 10.7. The number of hydrogen-bond donors (Lipinski definition) is 0. The zero-order valence-corrected chi connectivity index (χ0v) is 11.1. The van der Waals surface area contributed by atoms with E-state index in [-0.39, 0.29) is 5.54 Å². The van der Waals surface area contributed by atoms with E-state index in [9.17, 15) is 0 Å². The van der Waals surface area contributed by atoms with Crippen LogP contribution in [0, 0.1) is 6.92 Å². The predicted molar refractivity (Wildman–Crippen MR) is 67.2 cm³/mol. The fourth-order valence-corrected chi connectivity index (χ4v) is 2.47. The molecule has 3 heteroatoms. The zero-order valence-electron chi connectivity index (χ0n) is 9.50. The molecule has 0 aliphatic heterocycles. The zero-order chi connectivity index (χ0) is 11.2. The van der Waals surface area contributed by atoms with E-state index < -0.39 is 0 Å². The molecule has 0 fully saturated rings. The molecule has 0 amide bonds. The summed E-state index contributed by atoms with van der Waals surface area (Å²) < 4.78 is 3.33. The summed E-state index contributed by atoms with van der Waals surface area (Å²) in [4.78, 5) is 4.60. The molecule has 0 unspecified atom stereocenters. The van der Waals surface area contributed by atoms with Gasteiger partial charge in [0.2, 0.25) is 0 Å². The Labute approximate surface area is 98.4 Å². The molecule has 0 saturated carbocycles. The van der Waals surface area contributed by atoms with Crippen molar-refractivity contribution in [1.29, 1.82) is 0 Å². The molecule has 0 N–H and O–H groups in total. The Bertz CT molecular complexity index is 506. The highest BCUT2D eigenvalue weighted by Gasteiger charge is 2.19. The molecule has 1 aromatic carbocycles. The summed E-state index contributed by atoms with van der Waals surface area (Å²) in [5, 5.41) is 0. The third-order valence-corrected chi connectivity index (χ3v) is 3.11. The minimum Gasteiger partial charge on any atom is -0.323 e. The van der Waals surface area contributed by atoms with Crippen molar-refractivity contribution in [3.63, 3.8) is 0 Å². The molecule has 0 atom stereocenters. The summed E-state index contributed by atoms with van der Waals surface area (Å²) in [5.41, 5.74) is 2.30. The fourth-order valence-electron chi connectivity index (χ4n) is 2.03. The third kappa shape index (κ3) is 1.69. The average Bonchev–Trinajstić information content (AvgIpc) is 2.41. The van der Waals surface area contributed by atoms with Gasteiger partial charge in [-0.15, -0.1) is 0 Å². The van der Waals surface area contributed by atoms with Crippen LogP contribution in [0.3, 0.4) is 0 Å². The van der Waals surface area contributed by atoms with E-state index in [1.54, 1.807) is 0 Å². The van der Waals surface area contributed by atoms with E-state index >= 15 is 0 Å². The fraction of sp³-hybridized carbons (Fsp3) is 0.417. The average molecular weight is 267 g/mol. The van der Waals surface area contributed by atoms with E-state index in [4.69, 9.17) is 0 Å². The number of aromatic nitrogens is 2. The largest absolute Gasteiger partial charge is 0.323 e. The second-order valence-electron chi connectivity index (χ2n) is 4.77. The summed E-state index contributed by atoms with van der Waals surface area (Å²) in [6.07, 6.45) is 0. The smallest absolute Gasteiger partial charge is 0.107 e. The van der Waals surface area contributed by atoms with Crippen molar-refractivity contribution < 1.29 is 0 Å². The van der Waals surface area contributed by atoms with Crippen LogP contribution in [-0.4, -0.2) is 9.55 Å². The highest BCUT2D eigenvalue weighted by Crippen LogP contribution is 2.28. The highest BCUT2D eigenvalue weighted by molar-refractivity contribution is 9.10. The molecule has 0 saturated heterocycles. The summed E-state index contributed by atoms with van der Waals surface area (Å²) in [5.74, 6) is 1.06. The van der Waals surface area contributed by atoms with Crippen LogP contribution < -0.4 is 0 Å². The molecule has 0 spiro atoms. The maximum Gasteiger partial charge on any atom is 0.107 e. The number of aryl methyl sites for hydroxylation is 1. The van der Waals surface area contributed by atoms with Crippen LogP contribution in [0.4, 0.5) is 0 Å². The maximum atomic E-state index is 4.60. The highest BCUT2D eigenvalue weighted by atomic mass is 79.9.